The Morgan fingerprint density at radius 3 is 2.78 bits per heavy atom. The van der Waals surface area contributed by atoms with Crippen LogP contribution in [0.15, 0.2) is 54.9 Å². The molecule has 0 bridgehead atoms. The van der Waals surface area contributed by atoms with Crippen LogP contribution in [0.25, 0.3) is 5.65 Å². The Labute approximate surface area is 133 Å². The van der Waals surface area contributed by atoms with Crippen LogP contribution in [-0.4, -0.2) is 39.6 Å². The van der Waals surface area contributed by atoms with E-state index in [0.717, 1.165) is 30.1 Å². The Morgan fingerprint density at radius 1 is 1.13 bits per heavy atom. The quantitative estimate of drug-likeness (QED) is 0.788. The molecule has 6 nitrogen and oxygen atoms in total. The van der Waals surface area contributed by atoms with Gasteiger partial charge in [0.05, 0.1) is 18.7 Å². The minimum absolute atomic E-state index is 0.0693. The molecule has 116 valence electrons. The molecule has 0 spiro atoms. The van der Waals surface area contributed by atoms with Crippen LogP contribution in [0.4, 0.5) is 5.82 Å². The van der Waals surface area contributed by atoms with Crippen molar-refractivity contribution < 1.29 is 4.79 Å². The average Bonchev–Trinajstić information content (AvgIpc) is 3.00. The van der Waals surface area contributed by atoms with Crippen molar-refractivity contribution in [3.63, 3.8) is 0 Å². The van der Waals surface area contributed by atoms with Gasteiger partial charge in [-0.2, -0.15) is 9.61 Å². The summed E-state index contributed by atoms with van der Waals surface area (Å²) in [7, 11) is 0. The van der Waals surface area contributed by atoms with Crippen molar-refractivity contribution in [1.29, 1.82) is 0 Å². The van der Waals surface area contributed by atoms with E-state index in [0.29, 0.717) is 6.42 Å². The van der Waals surface area contributed by atoms with Crippen LogP contribution in [0.3, 0.4) is 0 Å². The van der Waals surface area contributed by atoms with Crippen LogP contribution in [0, 0.1) is 0 Å². The molecular weight excluding hydrogens is 290 g/mol. The molecule has 1 N–H and O–H groups in total. The lowest BCUT2D eigenvalue weighted by atomic mass is 10.1. The van der Waals surface area contributed by atoms with Crippen molar-refractivity contribution in [3.8, 4) is 0 Å². The highest BCUT2D eigenvalue weighted by Gasteiger charge is 2.29. The molecular formula is C17H17N5O. The summed E-state index contributed by atoms with van der Waals surface area (Å²) < 4.78 is 1.82. The highest BCUT2D eigenvalue weighted by molar-refractivity contribution is 5.79. The van der Waals surface area contributed by atoms with E-state index in [1.807, 2.05) is 47.0 Å². The molecule has 0 aliphatic carbocycles. The number of carbonyl (C=O) groups excluding carboxylic acids is 1. The van der Waals surface area contributed by atoms with Gasteiger partial charge in [-0.3, -0.25) is 4.79 Å². The molecule has 3 aromatic rings. The maximum absolute atomic E-state index is 12.1. The molecule has 6 heteroatoms. The summed E-state index contributed by atoms with van der Waals surface area (Å²) in [5.41, 5.74) is 1.87. The van der Waals surface area contributed by atoms with Crippen molar-refractivity contribution in [2.24, 2.45) is 0 Å². The highest BCUT2D eigenvalue weighted by Crippen LogP contribution is 2.20. The van der Waals surface area contributed by atoms with E-state index >= 15 is 0 Å². The van der Waals surface area contributed by atoms with Gasteiger partial charge in [-0.05, 0) is 11.6 Å². The molecule has 0 radical (unpaired) electrons. The number of benzene rings is 1. The fraction of sp³-hybridized carbons (Fsp3) is 0.235. The van der Waals surface area contributed by atoms with E-state index in [1.54, 1.807) is 12.4 Å². The van der Waals surface area contributed by atoms with Gasteiger partial charge >= 0.3 is 0 Å². The summed E-state index contributed by atoms with van der Waals surface area (Å²) >= 11 is 0. The smallest absolute Gasteiger partial charge is 0.224 e. The lowest BCUT2D eigenvalue weighted by Crippen LogP contribution is -2.60. The van der Waals surface area contributed by atoms with E-state index in [2.05, 4.69) is 20.3 Å². The van der Waals surface area contributed by atoms with E-state index in [1.165, 1.54) is 0 Å². The number of aromatic nitrogens is 3. The van der Waals surface area contributed by atoms with Crippen LogP contribution in [0.5, 0.6) is 0 Å². The molecule has 23 heavy (non-hydrogen) atoms. The first-order valence-corrected chi connectivity index (χ1v) is 7.66. The minimum Gasteiger partial charge on any atom is -0.352 e. The van der Waals surface area contributed by atoms with Crippen LogP contribution in [0.1, 0.15) is 5.56 Å². The normalized spacial score (nSPS) is 14.7. The second-order valence-electron chi connectivity index (χ2n) is 5.74. The maximum atomic E-state index is 12.1. The molecule has 1 aromatic carbocycles. The van der Waals surface area contributed by atoms with Gasteiger partial charge < -0.3 is 10.2 Å². The molecule has 3 heterocycles. The van der Waals surface area contributed by atoms with Gasteiger partial charge in [0.1, 0.15) is 5.82 Å². The number of hydrogen-bond acceptors (Lipinski definition) is 4. The number of fused-ring (bicyclic) bond motifs is 1. The summed E-state index contributed by atoms with van der Waals surface area (Å²) in [6, 6.07) is 13.8. The van der Waals surface area contributed by atoms with Gasteiger partial charge in [0, 0.05) is 25.4 Å². The lowest BCUT2D eigenvalue weighted by molar-refractivity contribution is -0.121. The zero-order chi connectivity index (χ0) is 15.6. The Hall–Kier alpha value is -2.89. The standard InChI is InChI=1S/C17H17N5O/c23-16(10-13-4-2-1-3-5-13)20-14-11-21(12-14)17-7-8-18-15-6-9-19-22(15)17/h1-9,14H,10-12H2,(H,20,23). The molecule has 2 aromatic heterocycles. The lowest BCUT2D eigenvalue weighted by Gasteiger charge is -2.40. The highest BCUT2D eigenvalue weighted by atomic mass is 16.1. The van der Waals surface area contributed by atoms with Gasteiger partial charge in [0.25, 0.3) is 0 Å². The molecule has 1 saturated heterocycles. The molecule has 1 amide bonds. The number of nitrogens with zero attached hydrogens (tertiary/aromatic N) is 4. The van der Waals surface area contributed by atoms with E-state index < -0.39 is 0 Å². The van der Waals surface area contributed by atoms with Crippen molar-refractivity contribution in [3.05, 3.63) is 60.4 Å². The third-order valence-corrected chi connectivity index (χ3v) is 4.05. The molecule has 0 saturated carbocycles. The average molecular weight is 307 g/mol. The predicted octanol–water partition coefficient (Wildman–Crippen LogP) is 1.28. The first-order valence-electron chi connectivity index (χ1n) is 7.66. The van der Waals surface area contributed by atoms with Crippen LogP contribution < -0.4 is 10.2 Å². The number of anilines is 1. The van der Waals surface area contributed by atoms with E-state index in [9.17, 15) is 4.79 Å². The minimum atomic E-state index is 0.0693. The number of rotatable bonds is 4. The van der Waals surface area contributed by atoms with Crippen LogP contribution in [0.2, 0.25) is 0 Å². The Kier molecular flexibility index (Phi) is 3.42. The van der Waals surface area contributed by atoms with E-state index in [-0.39, 0.29) is 11.9 Å². The summed E-state index contributed by atoms with van der Waals surface area (Å²) in [6.45, 7) is 1.58. The Morgan fingerprint density at radius 2 is 1.96 bits per heavy atom. The van der Waals surface area contributed by atoms with Crippen molar-refractivity contribution in [1.82, 2.24) is 19.9 Å². The second kappa shape index (κ2) is 5.72. The fourth-order valence-electron chi connectivity index (χ4n) is 2.88. The zero-order valence-corrected chi connectivity index (χ0v) is 12.6. The van der Waals surface area contributed by atoms with E-state index in [4.69, 9.17) is 0 Å². The van der Waals surface area contributed by atoms with Gasteiger partial charge in [-0.1, -0.05) is 30.3 Å². The predicted molar refractivity (Wildman–Crippen MR) is 87.3 cm³/mol. The topological polar surface area (TPSA) is 62.5 Å². The third kappa shape index (κ3) is 2.75. The number of amides is 1. The number of nitrogens with one attached hydrogen (secondary N) is 1. The van der Waals surface area contributed by atoms with Gasteiger partial charge in [0.2, 0.25) is 5.91 Å². The van der Waals surface area contributed by atoms with Crippen LogP contribution in [-0.2, 0) is 11.2 Å². The third-order valence-electron chi connectivity index (χ3n) is 4.05. The first-order chi connectivity index (χ1) is 11.3. The zero-order valence-electron chi connectivity index (χ0n) is 12.6. The molecule has 0 atom stereocenters. The first kappa shape index (κ1) is 13.8. The summed E-state index contributed by atoms with van der Waals surface area (Å²) in [5, 5.41) is 7.37. The monoisotopic (exact) mass is 307 g/mol. The van der Waals surface area contributed by atoms with Crippen molar-refractivity contribution in [2.45, 2.75) is 12.5 Å². The summed E-state index contributed by atoms with van der Waals surface area (Å²) in [4.78, 5) is 18.5. The molecule has 1 aliphatic rings. The fourth-order valence-corrected chi connectivity index (χ4v) is 2.88. The number of carbonyl (C=O) groups is 1. The summed E-state index contributed by atoms with van der Waals surface area (Å²) in [6.07, 6.45) is 3.95. The van der Waals surface area contributed by atoms with Gasteiger partial charge in [0.15, 0.2) is 5.65 Å². The molecule has 1 fully saturated rings. The van der Waals surface area contributed by atoms with Crippen molar-refractivity contribution >= 4 is 17.4 Å². The van der Waals surface area contributed by atoms with Crippen molar-refractivity contribution in [2.75, 3.05) is 18.0 Å². The largest absolute Gasteiger partial charge is 0.352 e. The maximum Gasteiger partial charge on any atom is 0.224 e. The summed E-state index contributed by atoms with van der Waals surface area (Å²) in [5.74, 6) is 1.08. The Bertz CT molecular complexity index is 823. The molecule has 1 aliphatic heterocycles. The van der Waals surface area contributed by atoms with Crippen LogP contribution >= 0.6 is 0 Å². The van der Waals surface area contributed by atoms with Gasteiger partial charge in [-0.25, -0.2) is 4.98 Å². The Balaban J connectivity index is 1.35. The molecule has 4 rings (SSSR count). The molecule has 0 unspecified atom stereocenters. The SMILES string of the molecule is O=C(Cc1ccccc1)NC1CN(c2ccnc3ccnn23)C1. The number of hydrogen-bond donors (Lipinski definition) is 1. The second-order valence-corrected chi connectivity index (χ2v) is 5.74. The van der Waals surface area contributed by atoms with Gasteiger partial charge in [-0.15, -0.1) is 0 Å².